The number of nitrogens with zero attached hydrogens (tertiary/aromatic N) is 4. The van der Waals surface area contributed by atoms with Crippen LogP contribution in [0.4, 0.5) is 11.4 Å². The predicted octanol–water partition coefficient (Wildman–Crippen LogP) is 4.58. The van der Waals surface area contributed by atoms with Crippen LogP contribution in [0.3, 0.4) is 0 Å². The summed E-state index contributed by atoms with van der Waals surface area (Å²) in [6.07, 6.45) is 3.78. The van der Waals surface area contributed by atoms with Crippen LogP contribution < -0.4 is 16.0 Å². The number of carbonyl (C=O) groups excluding carboxylic acids is 1. The van der Waals surface area contributed by atoms with Gasteiger partial charge in [0.25, 0.3) is 0 Å². The molecule has 1 atom stereocenters. The van der Waals surface area contributed by atoms with E-state index in [0.29, 0.717) is 34.3 Å². The molecule has 0 spiro atoms. The summed E-state index contributed by atoms with van der Waals surface area (Å²) >= 11 is 0. The molecule has 0 fully saturated rings. The van der Waals surface area contributed by atoms with Crippen LogP contribution in [0.1, 0.15) is 18.9 Å². The van der Waals surface area contributed by atoms with Crippen molar-refractivity contribution in [2.24, 2.45) is 5.73 Å². The summed E-state index contributed by atoms with van der Waals surface area (Å²) in [5.41, 5.74) is 11.7. The van der Waals surface area contributed by atoms with E-state index in [9.17, 15) is 10.1 Å². The number of para-hydroxylation sites is 1. The van der Waals surface area contributed by atoms with Gasteiger partial charge in [-0.05, 0) is 24.1 Å². The highest BCUT2D eigenvalue weighted by Gasteiger charge is 2.21. The minimum absolute atomic E-state index is 0.361. The van der Waals surface area contributed by atoms with Crippen LogP contribution in [-0.4, -0.2) is 36.0 Å². The van der Waals surface area contributed by atoms with Crippen LogP contribution in [-0.2, 0) is 4.79 Å². The van der Waals surface area contributed by atoms with E-state index in [2.05, 4.69) is 33.4 Å². The maximum Gasteiger partial charge on any atom is 0.239 e. The third-order valence-electron chi connectivity index (χ3n) is 5.83. The molecule has 0 bridgehead atoms. The molecule has 0 radical (unpaired) electrons. The van der Waals surface area contributed by atoms with Crippen molar-refractivity contribution in [1.29, 1.82) is 5.26 Å². The number of anilines is 2. The third-order valence-corrected chi connectivity index (χ3v) is 5.83. The number of hydrogen-bond acceptors (Lipinski definition) is 6. The van der Waals surface area contributed by atoms with Crippen molar-refractivity contribution in [3.63, 3.8) is 0 Å². The summed E-state index contributed by atoms with van der Waals surface area (Å²) in [5.74, 6) is -0.476. The zero-order valence-corrected chi connectivity index (χ0v) is 19.4. The number of carbonyl (C=O) groups is 1. The molecule has 0 unspecified atom stereocenters. The van der Waals surface area contributed by atoms with Crippen molar-refractivity contribution in [1.82, 2.24) is 9.97 Å². The number of amides is 1. The van der Waals surface area contributed by atoms with Crippen LogP contribution in [0.25, 0.3) is 33.3 Å². The van der Waals surface area contributed by atoms with Crippen molar-refractivity contribution in [3.8, 4) is 28.5 Å². The number of pyridine rings is 2. The van der Waals surface area contributed by atoms with Gasteiger partial charge in [-0.1, -0.05) is 49.4 Å². The summed E-state index contributed by atoms with van der Waals surface area (Å²) in [4.78, 5) is 22.9. The number of aromatic nitrogens is 2. The fraction of sp³-hybridized carbons (Fsp3) is 0.185. The summed E-state index contributed by atoms with van der Waals surface area (Å²) in [7, 11) is 4.03. The third kappa shape index (κ3) is 4.26. The van der Waals surface area contributed by atoms with Crippen molar-refractivity contribution >= 4 is 28.2 Å². The fourth-order valence-electron chi connectivity index (χ4n) is 4.05. The molecule has 2 heterocycles. The van der Waals surface area contributed by atoms with E-state index < -0.39 is 11.9 Å². The standard InChI is InChI=1S/C27H26N6O/c1-4-22(27(29)34)31-26-20-13-14-30-16-23(20)32-25(21(26)15-28)18-11-9-17(10-12-18)19-7-5-6-8-24(19)33(2)3/h5-14,16,22H,4H2,1-3H3,(H2,29,34)(H,31,32)/t22-/m1/s1. The Hall–Kier alpha value is -4.44. The normalized spacial score (nSPS) is 11.6. The molecule has 0 aliphatic heterocycles. The lowest BCUT2D eigenvalue weighted by Gasteiger charge is -2.20. The Bertz CT molecular complexity index is 1390. The van der Waals surface area contributed by atoms with Crippen LogP contribution in [0.15, 0.2) is 67.0 Å². The Morgan fingerprint density at radius 3 is 2.47 bits per heavy atom. The highest BCUT2D eigenvalue weighted by atomic mass is 16.1. The predicted molar refractivity (Wildman–Crippen MR) is 136 cm³/mol. The summed E-state index contributed by atoms with van der Waals surface area (Å²) in [6, 6.07) is 19.6. The van der Waals surface area contributed by atoms with Gasteiger partial charge in [-0.25, -0.2) is 4.98 Å². The maximum atomic E-state index is 11.9. The lowest BCUT2D eigenvalue weighted by atomic mass is 9.97. The minimum atomic E-state index is -0.608. The highest BCUT2D eigenvalue weighted by molar-refractivity contribution is 5.99. The second kappa shape index (κ2) is 9.59. The van der Waals surface area contributed by atoms with Gasteiger partial charge in [0.1, 0.15) is 17.7 Å². The van der Waals surface area contributed by atoms with E-state index in [-0.39, 0.29) is 0 Å². The zero-order chi connectivity index (χ0) is 24.2. The van der Waals surface area contributed by atoms with Crippen LogP contribution in [0, 0.1) is 11.3 Å². The SMILES string of the molecule is CC[C@@H](Nc1c(C#N)c(-c2ccc(-c3ccccc3N(C)C)cc2)nc2cnccc12)C(N)=O. The van der Waals surface area contributed by atoms with Crippen LogP contribution in [0.2, 0.25) is 0 Å². The smallest absolute Gasteiger partial charge is 0.239 e. The van der Waals surface area contributed by atoms with Gasteiger partial charge in [-0.15, -0.1) is 0 Å². The quantitative estimate of drug-likeness (QED) is 0.427. The molecule has 7 nitrogen and oxygen atoms in total. The number of nitrogens with one attached hydrogen (secondary N) is 1. The molecule has 170 valence electrons. The van der Waals surface area contributed by atoms with E-state index in [1.165, 1.54) is 0 Å². The summed E-state index contributed by atoms with van der Waals surface area (Å²) in [6.45, 7) is 1.87. The number of rotatable bonds is 7. The molecule has 2 aromatic carbocycles. The van der Waals surface area contributed by atoms with Crippen molar-refractivity contribution in [2.45, 2.75) is 19.4 Å². The minimum Gasteiger partial charge on any atom is -0.377 e. The molecule has 3 N–H and O–H groups in total. The molecule has 4 aromatic rings. The first-order chi connectivity index (χ1) is 16.4. The van der Waals surface area contributed by atoms with E-state index in [1.807, 2.05) is 57.4 Å². The van der Waals surface area contributed by atoms with Gasteiger partial charge >= 0.3 is 0 Å². The van der Waals surface area contributed by atoms with E-state index in [4.69, 9.17) is 10.7 Å². The Labute approximate surface area is 198 Å². The van der Waals surface area contributed by atoms with Gasteiger partial charge in [0.2, 0.25) is 5.91 Å². The molecule has 0 aliphatic rings. The second-order valence-corrected chi connectivity index (χ2v) is 8.21. The van der Waals surface area contributed by atoms with Gasteiger partial charge in [0.05, 0.1) is 23.1 Å². The van der Waals surface area contributed by atoms with Crippen molar-refractivity contribution in [3.05, 3.63) is 72.6 Å². The molecule has 0 saturated carbocycles. The Balaban J connectivity index is 1.85. The van der Waals surface area contributed by atoms with E-state index >= 15 is 0 Å². The van der Waals surface area contributed by atoms with Crippen molar-refractivity contribution in [2.75, 3.05) is 24.3 Å². The van der Waals surface area contributed by atoms with Gasteiger partial charge in [-0.2, -0.15) is 5.26 Å². The summed E-state index contributed by atoms with van der Waals surface area (Å²) in [5, 5.41) is 14.0. The number of fused-ring (bicyclic) bond motifs is 1. The first-order valence-corrected chi connectivity index (χ1v) is 11.1. The van der Waals surface area contributed by atoms with Gasteiger partial charge in [0, 0.05) is 42.5 Å². The Morgan fingerprint density at radius 1 is 1.12 bits per heavy atom. The van der Waals surface area contributed by atoms with E-state index in [1.54, 1.807) is 18.5 Å². The van der Waals surface area contributed by atoms with Gasteiger partial charge in [0.15, 0.2) is 0 Å². The number of nitrogens with two attached hydrogens (primary N) is 1. The lowest BCUT2D eigenvalue weighted by Crippen LogP contribution is -2.35. The maximum absolute atomic E-state index is 11.9. The van der Waals surface area contributed by atoms with Crippen LogP contribution >= 0.6 is 0 Å². The average molecular weight is 451 g/mol. The molecule has 0 aliphatic carbocycles. The molecule has 4 rings (SSSR count). The van der Waals surface area contributed by atoms with Crippen LogP contribution in [0.5, 0.6) is 0 Å². The molecule has 34 heavy (non-hydrogen) atoms. The number of hydrogen-bond donors (Lipinski definition) is 2. The molecule has 7 heteroatoms. The van der Waals surface area contributed by atoms with Gasteiger partial charge in [-0.3, -0.25) is 9.78 Å². The van der Waals surface area contributed by atoms with E-state index in [0.717, 1.165) is 22.4 Å². The number of primary amides is 1. The number of benzene rings is 2. The largest absolute Gasteiger partial charge is 0.377 e. The fourth-order valence-corrected chi connectivity index (χ4v) is 4.05. The highest BCUT2D eigenvalue weighted by Crippen LogP contribution is 2.36. The first kappa shape index (κ1) is 22.7. The molecule has 2 aromatic heterocycles. The monoisotopic (exact) mass is 450 g/mol. The lowest BCUT2D eigenvalue weighted by molar-refractivity contribution is -0.118. The topological polar surface area (TPSA) is 108 Å². The average Bonchev–Trinajstić information content (AvgIpc) is 2.86. The molecular formula is C27H26N6O. The number of nitriles is 1. The van der Waals surface area contributed by atoms with Gasteiger partial charge < -0.3 is 16.0 Å². The Kier molecular flexibility index (Phi) is 6.42. The Morgan fingerprint density at radius 2 is 1.82 bits per heavy atom. The zero-order valence-electron chi connectivity index (χ0n) is 19.4. The second-order valence-electron chi connectivity index (χ2n) is 8.21. The molecule has 1 amide bonds. The first-order valence-electron chi connectivity index (χ1n) is 11.1. The summed E-state index contributed by atoms with van der Waals surface area (Å²) < 4.78 is 0. The molecular weight excluding hydrogens is 424 g/mol. The molecule has 0 saturated heterocycles. The van der Waals surface area contributed by atoms with Crippen molar-refractivity contribution < 1.29 is 4.79 Å².